The highest BCUT2D eigenvalue weighted by atomic mass is 32.2. The predicted octanol–water partition coefficient (Wildman–Crippen LogP) is 5.99. The Kier molecular flexibility index (Phi) is 13.3. The van der Waals surface area contributed by atoms with Crippen LogP contribution in [0.3, 0.4) is 0 Å². The van der Waals surface area contributed by atoms with Gasteiger partial charge in [0.15, 0.2) is 11.6 Å². The van der Waals surface area contributed by atoms with Crippen molar-refractivity contribution in [3.05, 3.63) is 90.8 Å². The SMILES string of the molecule is CC.CNC(=O)N(CCC=O)c1nn(C)c2cc(N3CCN(Cc4cccc(S(=O)(=O)c5ccc(Nc6nc7c(OC(C)C)c(-c8cn[nH]c8)ncn7n6)c(F)c5)c4)CC3)ccc12. The molecule has 0 radical (unpaired) electrons. The number of halogens is 1. The van der Waals surface area contributed by atoms with E-state index >= 15 is 4.39 Å². The minimum atomic E-state index is -4.07. The normalized spacial score (nSPS) is 13.2. The molecule has 3 N–H and O–H groups in total. The second-order valence-electron chi connectivity index (χ2n) is 14.8. The Labute approximate surface area is 364 Å². The number of carbonyl (C=O) groups is 2. The van der Waals surface area contributed by atoms with Crippen LogP contribution >= 0.6 is 0 Å². The van der Waals surface area contributed by atoms with Gasteiger partial charge in [0.2, 0.25) is 21.4 Å². The minimum Gasteiger partial charge on any atom is -0.485 e. The number of nitrogens with zero attached hydrogens (tertiary/aromatic N) is 10. The summed E-state index contributed by atoms with van der Waals surface area (Å²) in [5.74, 6) is 0.127. The van der Waals surface area contributed by atoms with E-state index in [-0.39, 0.29) is 46.5 Å². The molecule has 20 heteroatoms. The minimum absolute atomic E-state index is 0.0131. The first-order valence-electron chi connectivity index (χ1n) is 20.6. The standard InChI is InChI=1S/C41H44FN13O5S.C2H6/c1-26(2)60-37-36(28-22-45-46-23-28)44-25-55-39(37)48-40(50-55)47-34-12-10-31(21-33(34)42)61(58,59)30-8-5-7-27(19-30)24-52-14-16-53(17-15-52)29-9-11-32-35(20-29)51(4)49-38(32)54(13-6-18-56)41(57)43-3;1-2/h5,7-12,18-23,25-26H,6,13-17,24H2,1-4H3,(H,43,57)(H,45,46)(H,47,50);1-2H3. The smallest absolute Gasteiger partial charge is 0.322 e. The molecule has 0 spiro atoms. The number of piperazine rings is 1. The molecule has 4 aromatic heterocycles. The number of sulfone groups is 1. The number of ether oxygens (including phenoxy) is 1. The average molecular weight is 880 g/mol. The van der Waals surface area contributed by atoms with Crippen LogP contribution in [0.1, 0.15) is 39.7 Å². The number of aromatic amines is 1. The Morgan fingerprint density at radius 1 is 1.03 bits per heavy atom. The number of rotatable bonds is 14. The summed E-state index contributed by atoms with van der Waals surface area (Å²) in [7, 11) is -0.704. The van der Waals surface area contributed by atoms with Gasteiger partial charge < -0.3 is 25.1 Å². The molecular formula is C43H50FN13O5S. The van der Waals surface area contributed by atoms with E-state index in [2.05, 4.69) is 56.9 Å². The first-order valence-corrected chi connectivity index (χ1v) is 22.1. The third-order valence-corrected chi connectivity index (χ3v) is 12.1. The lowest BCUT2D eigenvalue weighted by Crippen LogP contribution is -2.46. The first kappa shape index (κ1) is 44.1. The number of benzene rings is 3. The number of amides is 2. The van der Waals surface area contributed by atoms with E-state index < -0.39 is 15.7 Å². The van der Waals surface area contributed by atoms with Crippen molar-refractivity contribution in [1.82, 2.24) is 49.8 Å². The second kappa shape index (κ2) is 19.0. The van der Waals surface area contributed by atoms with Crippen LogP contribution in [-0.2, 0) is 28.2 Å². The third kappa shape index (κ3) is 9.31. The van der Waals surface area contributed by atoms with Gasteiger partial charge in [0.1, 0.15) is 24.1 Å². The maximum atomic E-state index is 15.6. The fourth-order valence-corrected chi connectivity index (χ4v) is 8.66. The van der Waals surface area contributed by atoms with Crippen LogP contribution in [-0.4, -0.2) is 111 Å². The third-order valence-electron chi connectivity index (χ3n) is 10.3. The van der Waals surface area contributed by atoms with E-state index in [9.17, 15) is 18.0 Å². The van der Waals surface area contributed by atoms with Gasteiger partial charge in [0, 0.05) is 82.6 Å². The molecule has 1 saturated heterocycles. The lowest BCUT2D eigenvalue weighted by atomic mass is 10.1. The first-order chi connectivity index (χ1) is 30.4. The molecule has 7 aromatic rings. The lowest BCUT2D eigenvalue weighted by Gasteiger charge is -2.36. The zero-order valence-electron chi connectivity index (χ0n) is 35.9. The Morgan fingerprint density at radius 2 is 1.81 bits per heavy atom. The number of hydrogen-bond donors (Lipinski definition) is 3. The highest BCUT2D eigenvalue weighted by Gasteiger charge is 2.25. The van der Waals surface area contributed by atoms with Crippen molar-refractivity contribution in [1.29, 1.82) is 0 Å². The van der Waals surface area contributed by atoms with Crippen molar-refractivity contribution in [3.8, 4) is 17.0 Å². The van der Waals surface area contributed by atoms with Gasteiger partial charge in [0.25, 0.3) is 0 Å². The molecular weight excluding hydrogens is 830 g/mol. The number of urea groups is 1. The largest absolute Gasteiger partial charge is 0.485 e. The molecule has 0 aliphatic carbocycles. The Balaban J connectivity index is 0.00000293. The number of aromatic nitrogens is 8. The molecule has 2 amide bonds. The fourth-order valence-electron chi connectivity index (χ4n) is 7.32. The molecule has 0 bridgehead atoms. The highest BCUT2D eigenvalue weighted by Crippen LogP contribution is 2.34. The van der Waals surface area contributed by atoms with Crippen molar-refractivity contribution < 1.29 is 27.1 Å². The quantitative estimate of drug-likeness (QED) is 0.108. The van der Waals surface area contributed by atoms with E-state index in [4.69, 9.17) is 4.74 Å². The number of nitrogens with one attached hydrogen (secondary N) is 3. The average Bonchev–Trinajstić information content (AvgIpc) is 4.05. The summed E-state index contributed by atoms with van der Waals surface area (Å²) in [5, 5.41) is 22.0. The summed E-state index contributed by atoms with van der Waals surface area (Å²) in [6, 6.07) is 16.1. The van der Waals surface area contributed by atoms with Crippen LogP contribution in [0, 0.1) is 5.82 Å². The summed E-state index contributed by atoms with van der Waals surface area (Å²) < 4.78 is 52.5. The molecule has 8 rings (SSSR count). The number of fused-ring (bicyclic) bond motifs is 2. The van der Waals surface area contributed by atoms with Crippen LogP contribution in [0.25, 0.3) is 27.8 Å². The summed E-state index contributed by atoms with van der Waals surface area (Å²) in [6.45, 7) is 11.4. The Bertz CT molecular complexity index is 2840. The number of anilines is 4. The summed E-state index contributed by atoms with van der Waals surface area (Å²) in [5.41, 5.74) is 4.22. The predicted molar refractivity (Wildman–Crippen MR) is 238 cm³/mol. The molecule has 0 saturated carbocycles. The second-order valence-corrected chi connectivity index (χ2v) is 16.7. The Morgan fingerprint density at radius 3 is 2.51 bits per heavy atom. The molecule has 1 aliphatic rings. The van der Waals surface area contributed by atoms with E-state index in [0.29, 0.717) is 35.0 Å². The van der Waals surface area contributed by atoms with Crippen LogP contribution in [0.2, 0.25) is 0 Å². The van der Waals surface area contributed by atoms with Crippen molar-refractivity contribution in [2.24, 2.45) is 7.05 Å². The maximum Gasteiger partial charge on any atom is 0.322 e. The van der Waals surface area contributed by atoms with E-state index in [1.165, 1.54) is 33.9 Å². The molecule has 5 heterocycles. The van der Waals surface area contributed by atoms with Gasteiger partial charge in [-0.15, -0.1) is 5.10 Å². The molecule has 18 nitrogen and oxygen atoms in total. The van der Waals surface area contributed by atoms with Gasteiger partial charge in [-0.05, 0) is 67.9 Å². The van der Waals surface area contributed by atoms with Crippen molar-refractivity contribution in [3.63, 3.8) is 0 Å². The van der Waals surface area contributed by atoms with Crippen molar-refractivity contribution >= 4 is 61.8 Å². The molecule has 1 fully saturated rings. The van der Waals surface area contributed by atoms with Crippen LogP contribution in [0.4, 0.5) is 32.3 Å². The zero-order valence-corrected chi connectivity index (χ0v) is 36.7. The van der Waals surface area contributed by atoms with Gasteiger partial charge in [-0.2, -0.15) is 19.7 Å². The van der Waals surface area contributed by atoms with Crippen LogP contribution in [0.5, 0.6) is 5.75 Å². The van der Waals surface area contributed by atoms with Gasteiger partial charge in [-0.1, -0.05) is 26.0 Å². The maximum absolute atomic E-state index is 15.6. The van der Waals surface area contributed by atoms with Gasteiger partial charge in [0.05, 0.1) is 33.3 Å². The van der Waals surface area contributed by atoms with Crippen molar-refractivity contribution in [2.45, 2.75) is 56.6 Å². The van der Waals surface area contributed by atoms with Gasteiger partial charge in [-0.25, -0.2) is 22.6 Å². The fraction of sp³-hybridized carbons (Fsp3) is 0.326. The molecule has 63 heavy (non-hydrogen) atoms. The van der Waals surface area contributed by atoms with Crippen LogP contribution < -0.4 is 25.2 Å². The topological polar surface area (TPSA) is 201 Å². The number of aryl methyl sites for hydroxylation is 1. The number of hydrogen-bond acceptors (Lipinski definition) is 13. The zero-order chi connectivity index (χ0) is 44.8. The van der Waals surface area contributed by atoms with E-state index in [1.54, 1.807) is 36.3 Å². The molecule has 0 unspecified atom stereocenters. The summed E-state index contributed by atoms with van der Waals surface area (Å²) >= 11 is 0. The van der Waals surface area contributed by atoms with Gasteiger partial charge >= 0.3 is 6.03 Å². The van der Waals surface area contributed by atoms with Gasteiger partial charge in [-0.3, -0.25) is 19.6 Å². The van der Waals surface area contributed by atoms with Crippen LogP contribution in [0.15, 0.2) is 89.2 Å². The number of H-pyrrole nitrogens is 1. The number of aldehydes is 1. The summed E-state index contributed by atoms with van der Waals surface area (Å²) in [6.07, 6.45) is 5.53. The molecule has 3 aromatic carbocycles. The monoisotopic (exact) mass is 879 g/mol. The van der Waals surface area contributed by atoms with E-state index in [0.717, 1.165) is 60.7 Å². The number of carbonyl (C=O) groups excluding carboxylic acids is 2. The highest BCUT2D eigenvalue weighted by molar-refractivity contribution is 7.91. The lowest BCUT2D eigenvalue weighted by molar-refractivity contribution is -0.107. The Hall–Kier alpha value is -6.93. The molecule has 330 valence electrons. The van der Waals surface area contributed by atoms with E-state index in [1.807, 2.05) is 52.9 Å². The summed E-state index contributed by atoms with van der Waals surface area (Å²) in [4.78, 5) is 38.6. The molecule has 0 atom stereocenters. The van der Waals surface area contributed by atoms with Crippen molar-refractivity contribution in [2.75, 3.05) is 54.9 Å². The molecule has 1 aliphatic heterocycles.